The smallest absolute Gasteiger partial charge is 0.305 e. The Morgan fingerprint density at radius 2 is 1.74 bits per heavy atom. The Hall–Kier alpha value is -3.61. The number of hydrogen-bond donors (Lipinski definition) is 2. The van der Waals surface area contributed by atoms with E-state index in [0.717, 1.165) is 6.07 Å². The minimum Gasteiger partial charge on any atom is -0.486 e. The highest BCUT2D eigenvalue weighted by atomic mass is 19.1. The second kappa shape index (κ2) is 8.18. The number of carbonyl (C=O) groups is 2. The zero-order chi connectivity index (χ0) is 19.2. The third-order valence-electron chi connectivity index (χ3n) is 3.73. The average Bonchev–Trinajstić information content (AvgIpc) is 3.16. The van der Waals surface area contributed by atoms with Crippen LogP contribution < -0.4 is 15.6 Å². The second-order valence-corrected chi connectivity index (χ2v) is 5.74. The van der Waals surface area contributed by atoms with E-state index < -0.39 is 17.6 Å². The molecule has 0 unspecified atom stereocenters. The third kappa shape index (κ3) is 4.72. The number of nitrogens with one attached hydrogen (secondary N) is 2. The molecule has 0 aliphatic carbocycles. The van der Waals surface area contributed by atoms with Crippen LogP contribution in [0.5, 0.6) is 5.75 Å². The van der Waals surface area contributed by atoms with Crippen LogP contribution in [0.25, 0.3) is 0 Å². The molecule has 0 bridgehead atoms. The molecule has 2 N–H and O–H groups in total. The Bertz CT molecular complexity index is 954. The average molecular weight is 368 g/mol. The van der Waals surface area contributed by atoms with Crippen LogP contribution in [0.1, 0.15) is 32.2 Å². The van der Waals surface area contributed by atoms with Crippen LogP contribution in [0.4, 0.5) is 4.39 Å². The Morgan fingerprint density at radius 3 is 2.48 bits per heavy atom. The van der Waals surface area contributed by atoms with Gasteiger partial charge < -0.3 is 9.15 Å². The fourth-order valence-electron chi connectivity index (χ4n) is 2.23. The minimum atomic E-state index is -0.638. The number of carbonyl (C=O) groups excluding carboxylic acids is 2. The summed E-state index contributed by atoms with van der Waals surface area (Å²) in [7, 11) is 0. The summed E-state index contributed by atoms with van der Waals surface area (Å²) in [5.74, 6) is -0.628. The summed E-state index contributed by atoms with van der Waals surface area (Å²) in [4.78, 5) is 24.0. The molecule has 0 radical (unpaired) electrons. The van der Waals surface area contributed by atoms with Crippen molar-refractivity contribution in [3.63, 3.8) is 0 Å². The number of hydrogen-bond acceptors (Lipinski definition) is 4. The van der Waals surface area contributed by atoms with Gasteiger partial charge in [0.05, 0.1) is 0 Å². The van der Waals surface area contributed by atoms with E-state index in [0.29, 0.717) is 17.1 Å². The molecule has 0 fully saturated rings. The summed E-state index contributed by atoms with van der Waals surface area (Å²) in [6.07, 6.45) is 0. The van der Waals surface area contributed by atoms with E-state index in [9.17, 15) is 14.0 Å². The fourth-order valence-corrected chi connectivity index (χ4v) is 2.23. The lowest BCUT2D eigenvalue weighted by Gasteiger charge is -2.07. The third-order valence-corrected chi connectivity index (χ3v) is 3.73. The Balaban J connectivity index is 1.53. The molecule has 3 rings (SSSR count). The maximum atomic E-state index is 13.5. The molecule has 2 aromatic carbocycles. The summed E-state index contributed by atoms with van der Waals surface area (Å²) in [5, 5.41) is 0. The molecular formula is C20H17FN2O4. The van der Waals surface area contributed by atoms with Crippen molar-refractivity contribution in [3.05, 3.63) is 89.1 Å². The highest BCUT2D eigenvalue weighted by Crippen LogP contribution is 2.14. The molecule has 0 aliphatic rings. The molecule has 2 amide bonds. The summed E-state index contributed by atoms with van der Waals surface area (Å²) < 4.78 is 24.4. The fraction of sp³-hybridized carbons (Fsp3) is 0.100. The number of aryl methyl sites for hydroxylation is 1. The summed E-state index contributed by atoms with van der Waals surface area (Å²) in [6, 6.07) is 16.3. The van der Waals surface area contributed by atoms with Gasteiger partial charge in [-0.05, 0) is 48.9 Å². The van der Waals surface area contributed by atoms with Crippen molar-refractivity contribution < 1.29 is 23.1 Å². The van der Waals surface area contributed by atoms with E-state index >= 15 is 0 Å². The quantitative estimate of drug-likeness (QED) is 0.677. The van der Waals surface area contributed by atoms with Gasteiger partial charge in [-0.3, -0.25) is 20.4 Å². The standard InChI is InChI=1S/C20H17FN2O4/c1-13-7-8-14(11-17(13)21)19(24)22-23-20(25)18-10-9-16(27-18)12-26-15-5-3-2-4-6-15/h2-11H,12H2,1H3,(H,22,24)(H,23,25). The Labute approximate surface area is 154 Å². The van der Waals surface area contributed by atoms with E-state index in [1.165, 1.54) is 18.2 Å². The van der Waals surface area contributed by atoms with Gasteiger partial charge in [-0.25, -0.2) is 4.39 Å². The molecule has 6 nitrogen and oxygen atoms in total. The predicted molar refractivity (Wildman–Crippen MR) is 95.6 cm³/mol. The predicted octanol–water partition coefficient (Wildman–Crippen LogP) is 3.38. The summed E-state index contributed by atoms with van der Waals surface area (Å²) in [5.41, 5.74) is 4.96. The van der Waals surface area contributed by atoms with Gasteiger partial charge in [0.15, 0.2) is 5.76 Å². The SMILES string of the molecule is Cc1ccc(C(=O)NNC(=O)c2ccc(COc3ccccc3)o2)cc1F. The van der Waals surface area contributed by atoms with Crippen LogP contribution in [-0.2, 0) is 6.61 Å². The van der Waals surface area contributed by atoms with Crippen molar-refractivity contribution in [2.24, 2.45) is 0 Å². The monoisotopic (exact) mass is 368 g/mol. The highest BCUT2D eigenvalue weighted by Gasteiger charge is 2.14. The number of benzene rings is 2. The van der Waals surface area contributed by atoms with Gasteiger partial charge in [0.25, 0.3) is 5.91 Å². The van der Waals surface area contributed by atoms with Crippen LogP contribution in [0.3, 0.4) is 0 Å². The van der Waals surface area contributed by atoms with E-state index in [-0.39, 0.29) is 17.9 Å². The lowest BCUT2D eigenvalue weighted by Crippen LogP contribution is -2.41. The molecule has 3 aromatic rings. The van der Waals surface area contributed by atoms with Gasteiger partial charge in [0.2, 0.25) is 0 Å². The first-order valence-electron chi connectivity index (χ1n) is 8.16. The van der Waals surface area contributed by atoms with Gasteiger partial charge in [-0.1, -0.05) is 24.3 Å². The molecule has 7 heteroatoms. The number of amides is 2. The van der Waals surface area contributed by atoms with E-state index in [1.807, 2.05) is 18.2 Å². The van der Waals surface area contributed by atoms with Gasteiger partial charge in [0, 0.05) is 5.56 Å². The first-order valence-corrected chi connectivity index (χ1v) is 8.16. The number of furan rings is 1. The lowest BCUT2D eigenvalue weighted by atomic mass is 10.1. The molecule has 1 aromatic heterocycles. The molecule has 0 spiro atoms. The number of halogens is 1. The zero-order valence-electron chi connectivity index (χ0n) is 14.5. The van der Waals surface area contributed by atoms with Crippen LogP contribution in [0.2, 0.25) is 0 Å². The molecule has 0 saturated heterocycles. The number of rotatable bonds is 5. The van der Waals surface area contributed by atoms with Crippen molar-refractivity contribution >= 4 is 11.8 Å². The summed E-state index contributed by atoms with van der Waals surface area (Å²) in [6.45, 7) is 1.75. The lowest BCUT2D eigenvalue weighted by molar-refractivity contribution is 0.0828. The summed E-state index contributed by atoms with van der Waals surface area (Å²) >= 11 is 0. The zero-order valence-corrected chi connectivity index (χ0v) is 14.5. The van der Waals surface area contributed by atoms with Gasteiger partial charge in [-0.2, -0.15) is 0 Å². The molecule has 0 atom stereocenters. The van der Waals surface area contributed by atoms with Crippen molar-refractivity contribution in [2.45, 2.75) is 13.5 Å². The number of para-hydroxylation sites is 1. The van der Waals surface area contributed by atoms with E-state index in [1.54, 1.807) is 25.1 Å². The molecule has 0 saturated carbocycles. The second-order valence-electron chi connectivity index (χ2n) is 5.74. The Kier molecular flexibility index (Phi) is 5.51. The molecule has 0 aliphatic heterocycles. The van der Waals surface area contributed by atoms with Crippen molar-refractivity contribution in [1.82, 2.24) is 10.9 Å². The van der Waals surface area contributed by atoms with Crippen LogP contribution in [-0.4, -0.2) is 11.8 Å². The van der Waals surface area contributed by atoms with E-state index in [4.69, 9.17) is 9.15 Å². The molecular weight excluding hydrogens is 351 g/mol. The Morgan fingerprint density at radius 1 is 1.00 bits per heavy atom. The largest absolute Gasteiger partial charge is 0.486 e. The van der Waals surface area contributed by atoms with Crippen LogP contribution >= 0.6 is 0 Å². The van der Waals surface area contributed by atoms with E-state index in [2.05, 4.69) is 10.9 Å². The molecule has 27 heavy (non-hydrogen) atoms. The van der Waals surface area contributed by atoms with Crippen LogP contribution in [0.15, 0.2) is 65.1 Å². The molecule has 138 valence electrons. The number of hydrazine groups is 1. The van der Waals surface area contributed by atoms with Crippen molar-refractivity contribution in [2.75, 3.05) is 0 Å². The normalized spacial score (nSPS) is 10.3. The molecule has 1 heterocycles. The minimum absolute atomic E-state index is 0.0112. The van der Waals surface area contributed by atoms with Crippen molar-refractivity contribution in [3.8, 4) is 5.75 Å². The topological polar surface area (TPSA) is 80.6 Å². The maximum Gasteiger partial charge on any atom is 0.305 e. The van der Waals surface area contributed by atoms with Crippen molar-refractivity contribution in [1.29, 1.82) is 0 Å². The highest BCUT2D eigenvalue weighted by molar-refractivity contribution is 5.98. The first-order chi connectivity index (χ1) is 13.0. The van der Waals surface area contributed by atoms with Gasteiger partial charge in [-0.15, -0.1) is 0 Å². The van der Waals surface area contributed by atoms with Gasteiger partial charge in [0.1, 0.15) is 23.9 Å². The van der Waals surface area contributed by atoms with Crippen LogP contribution in [0, 0.1) is 12.7 Å². The number of ether oxygens (including phenoxy) is 1. The maximum absolute atomic E-state index is 13.5. The first kappa shape index (κ1) is 18.2. The van der Waals surface area contributed by atoms with Gasteiger partial charge >= 0.3 is 5.91 Å².